The largest absolute Gasteiger partial charge is 0.497 e. The molecule has 1 saturated heterocycles. The van der Waals surface area contributed by atoms with Crippen LogP contribution in [0.15, 0.2) is 24.3 Å². The van der Waals surface area contributed by atoms with E-state index in [1.807, 2.05) is 19.2 Å². The molecule has 1 heterocycles. The van der Waals surface area contributed by atoms with Gasteiger partial charge >= 0.3 is 0 Å². The summed E-state index contributed by atoms with van der Waals surface area (Å²) in [6, 6.07) is 8.79. The molecule has 3 heteroatoms. The monoisotopic (exact) mass is 276 g/mol. The Morgan fingerprint density at radius 3 is 2.55 bits per heavy atom. The summed E-state index contributed by atoms with van der Waals surface area (Å²) in [6.07, 6.45) is 2.66. The van der Waals surface area contributed by atoms with Gasteiger partial charge in [0.05, 0.1) is 7.11 Å². The Kier molecular flexibility index (Phi) is 5.06. The Balaban J connectivity index is 2.00. The molecule has 20 heavy (non-hydrogen) atoms. The highest BCUT2D eigenvalue weighted by Crippen LogP contribution is 2.29. The van der Waals surface area contributed by atoms with E-state index in [2.05, 4.69) is 36.2 Å². The number of methoxy groups -OCH3 is 1. The second-order valence-corrected chi connectivity index (χ2v) is 6.62. The normalized spacial score (nSPS) is 20.6. The van der Waals surface area contributed by atoms with Gasteiger partial charge in [-0.2, -0.15) is 0 Å². The lowest BCUT2D eigenvalue weighted by molar-refractivity contribution is 0.108. The Bertz CT molecular complexity index is 414. The van der Waals surface area contributed by atoms with Gasteiger partial charge in [0, 0.05) is 19.1 Å². The third kappa shape index (κ3) is 3.97. The number of nitrogens with one attached hydrogen (secondary N) is 1. The van der Waals surface area contributed by atoms with Crippen molar-refractivity contribution in [2.24, 2.45) is 5.41 Å². The number of likely N-dealkylation sites (tertiary alicyclic amines) is 1. The smallest absolute Gasteiger partial charge is 0.118 e. The minimum atomic E-state index is 0.384. The minimum absolute atomic E-state index is 0.384. The lowest BCUT2D eigenvalue weighted by atomic mass is 9.84. The first kappa shape index (κ1) is 15.3. The van der Waals surface area contributed by atoms with Crippen LogP contribution in [0.1, 0.15) is 38.3 Å². The third-order valence-electron chi connectivity index (χ3n) is 4.29. The van der Waals surface area contributed by atoms with Gasteiger partial charge in [0.2, 0.25) is 0 Å². The van der Waals surface area contributed by atoms with Gasteiger partial charge in [-0.15, -0.1) is 0 Å². The number of likely N-dealkylation sites (N-methyl/N-ethyl adjacent to an activating group) is 1. The van der Waals surface area contributed by atoms with E-state index in [-0.39, 0.29) is 0 Å². The molecule has 0 bridgehead atoms. The molecule has 0 amide bonds. The molecule has 1 fully saturated rings. The summed E-state index contributed by atoms with van der Waals surface area (Å²) in [5, 5.41) is 3.45. The molecule has 0 radical (unpaired) electrons. The molecule has 2 rings (SSSR count). The maximum absolute atomic E-state index is 5.23. The predicted molar refractivity (Wildman–Crippen MR) is 84.2 cm³/mol. The van der Waals surface area contributed by atoms with Crippen LogP contribution in [-0.4, -0.2) is 38.7 Å². The van der Waals surface area contributed by atoms with E-state index >= 15 is 0 Å². The quantitative estimate of drug-likeness (QED) is 0.894. The van der Waals surface area contributed by atoms with Crippen molar-refractivity contribution in [3.8, 4) is 5.75 Å². The fraction of sp³-hybridized carbons (Fsp3) is 0.647. The zero-order valence-electron chi connectivity index (χ0n) is 13.3. The first-order valence-electron chi connectivity index (χ1n) is 7.58. The molecular formula is C17H28N2O. The van der Waals surface area contributed by atoms with Crippen LogP contribution in [0.5, 0.6) is 5.75 Å². The van der Waals surface area contributed by atoms with Crippen molar-refractivity contribution in [1.29, 1.82) is 0 Å². The highest BCUT2D eigenvalue weighted by Gasteiger charge is 2.27. The van der Waals surface area contributed by atoms with Gasteiger partial charge in [0.15, 0.2) is 0 Å². The highest BCUT2D eigenvalue weighted by molar-refractivity contribution is 5.29. The number of rotatable bonds is 5. The topological polar surface area (TPSA) is 24.5 Å². The summed E-state index contributed by atoms with van der Waals surface area (Å²) in [6.45, 7) is 8.24. The zero-order chi connectivity index (χ0) is 14.6. The molecule has 112 valence electrons. The van der Waals surface area contributed by atoms with Crippen LogP contribution >= 0.6 is 0 Å². The summed E-state index contributed by atoms with van der Waals surface area (Å²) in [7, 11) is 3.75. The van der Waals surface area contributed by atoms with Gasteiger partial charge in [-0.25, -0.2) is 0 Å². The van der Waals surface area contributed by atoms with Gasteiger partial charge < -0.3 is 15.0 Å². The van der Waals surface area contributed by atoms with Crippen molar-refractivity contribution in [2.75, 3.05) is 33.8 Å². The average Bonchev–Trinajstić information content (AvgIpc) is 2.44. The van der Waals surface area contributed by atoms with E-state index in [0.29, 0.717) is 11.5 Å². The van der Waals surface area contributed by atoms with E-state index in [1.165, 1.54) is 31.5 Å². The maximum Gasteiger partial charge on any atom is 0.118 e. The first-order chi connectivity index (χ1) is 9.54. The average molecular weight is 276 g/mol. The Morgan fingerprint density at radius 2 is 2.00 bits per heavy atom. The molecule has 1 aromatic rings. The van der Waals surface area contributed by atoms with E-state index in [4.69, 9.17) is 4.74 Å². The Labute approximate surface area is 123 Å². The van der Waals surface area contributed by atoms with Crippen molar-refractivity contribution in [1.82, 2.24) is 10.2 Å². The predicted octanol–water partition coefficient (Wildman–Crippen LogP) is 3.08. The van der Waals surface area contributed by atoms with Crippen LogP contribution in [0.4, 0.5) is 0 Å². The molecule has 0 saturated carbocycles. The molecule has 1 N–H and O–H groups in total. The Hall–Kier alpha value is -1.06. The van der Waals surface area contributed by atoms with Crippen LogP contribution in [0.25, 0.3) is 0 Å². The highest BCUT2D eigenvalue weighted by atomic mass is 16.5. The van der Waals surface area contributed by atoms with Gasteiger partial charge in [0.25, 0.3) is 0 Å². The third-order valence-corrected chi connectivity index (χ3v) is 4.29. The summed E-state index contributed by atoms with van der Waals surface area (Å²) < 4.78 is 5.23. The number of ether oxygens (including phenoxy) is 1. The van der Waals surface area contributed by atoms with E-state index in [0.717, 1.165) is 12.3 Å². The Morgan fingerprint density at radius 1 is 1.30 bits per heavy atom. The van der Waals surface area contributed by atoms with Crippen LogP contribution in [0, 0.1) is 5.41 Å². The van der Waals surface area contributed by atoms with Gasteiger partial charge in [-0.05, 0) is 49.5 Å². The first-order valence-corrected chi connectivity index (χ1v) is 7.58. The molecule has 0 aromatic heterocycles. The van der Waals surface area contributed by atoms with Gasteiger partial charge in [-0.3, -0.25) is 0 Å². The molecule has 1 atom stereocenters. The van der Waals surface area contributed by atoms with Crippen LogP contribution in [0.2, 0.25) is 0 Å². The van der Waals surface area contributed by atoms with Crippen LogP contribution in [-0.2, 0) is 0 Å². The maximum atomic E-state index is 5.23. The summed E-state index contributed by atoms with van der Waals surface area (Å²) in [5.74, 6) is 0.919. The molecule has 3 nitrogen and oxygen atoms in total. The number of nitrogens with zero attached hydrogens (tertiary/aromatic N) is 1. The molecule has 1 aliphatic rings. The number of hydrogen-bond donors (Lipinski definition) is 1. The molecule has 1 unspecified atom stereocenters. The summed E-state index contributed by atoms with van der Waals surface area (Å²) >= 11 is 0. The van der Waals surface area contributed by atoms with E-state index in [1.54, 1.807) is 7.11 Å². The molecule has 0 aliphatic carbocycles. The fourth-order valence-electron chi connectivity index (χ4n) is 3.16. The van der Waals surface area contributed by atoms with E-state index < -0.39 is 0 Å². The van der Waals surface area contributed by atoms with Crippen molar-refractivity contribution in [3.63, 3.8) is 0 Å². The zero-order valence-corrected chi connectivity index (χ0v) is 13.3. The summed E-state index contributed by atoms with van der Waals surface area (Å²) in [5.41, 5.74) is 1.79. The molecule has 1 aromatic carbocycles. The number of benzene rings is 1. The van der Waals surface area contributed by atoms with Crippen molar-refractivity contribution in [2.45, 2.75) is 32.7 Å². The molecular weight excluding hydrogens is 248 g/mol. The summed E-state index contributed by atoms with van der Waals surface area (Å²) in [4.78, 5) is 2.59. The lowest BCUT2D eigenvalue weighted by Crippen LogP contribution is -2.43. The van der Waals surface area contributed by atoms with Crippen LogP contribution < -0.4 is 10.1 Å². The second-order valence-electron chi connectivity index (χ2n) is 6.62. The molecule has 0 spiro atoms. The lowest BCUT2D eigenvalue weighted by Gasteiger charge is -2.39. The molecule has 1 aliphatic heterocycles. The van der Waals surface area contributed by atoms with Crippen molar-refractivity contribution >= 4 is 0 Å². The van der Waals surface area contributed by atoms with Crippen molar-refractivity contribution in [3.05, 3.63) is 29.8 Å². The number of piperidine rings is 1. The minimum Gasteiger partial charge on any atom is -0.497 e. The SMILES string of the molecule is CNC(CN1CCCC(C)(C)C1)c1ccc(OC)cc1. The van der Waals surface area contributed by atoms with Gasteiger partial charge in [-0.1, -0.05) is 26.0 Å². The second kappa shape index (κ2) is 6.59. The van der Waals surface area contributed by atoms with Crippen molar-refractivity contribution < 1.29 is 4.74 Å². The van der Waals surface area contributed by atoms with E-state index in [9.17, 15) is 0 Å². The fourth-order valence-corrected chi connectivity index (χ4v) is 3.16. The van der Waals surface area contributed by atoms with Gasteiger partial charge in [0.1, 0.15) is 5.75 Å². The number of hydrogen-bond acceptors (Lipinski definition) is 3. The standard InChI is InChI=1S/C17H28N2O/c1-17(2)10-5-11-19(13-17)12-16(18-3)14-6-8-15(20-4)9-7-14/h6-9,16,18H,5,10-13H2,1-4H3. The van der Waals surface area contributed by atoms with Crippen LogP contribution in [0.3, 0.4) is 0 Å².